The van der Waals surface area contributed by atoms with Crippen molar-refractivity contribution < 1.29 is 27.9 Å². The van der Waals surface area contributed by atoms with Crippen molar-refractivity contribution in [1.82, 2.24) is 0 Å². The van der Waals surface area contributed by atoms with Crippen LogP contribution in [-0.2, 0) is 16.0 Å². The van der Waals surface area contributed by atoms with E-state index in [0.29, 0.717) is 23.4 Å². The zero-order valence-electron chi connectivity index (χ0n) is 18.5. The number of hydrogen-bond acceptors (Lipinski definition) is 2. The predicted octanol–water partition coefficient (Wildman–Crippen LogP) is 7.35. The van der Waals surface area contributed by atoms with Gasteiger partial charge in [0.05, 0.1) is 28.0 Å². The molecule has 0 heterocycles. The largest absolute Gasteiger partial charge is 0.481 e. The number of rotatable bonds is 9. The molecule has 0 saturated heterocycles. The molecule has 180 valence electrons. The molecule has 0 spiro atoms. The van der Waals surface area contributed by atoms with Gasteiger partial charge in [0.1, 0.15) is 0 Å². The van der Waals surface area contributed by atoms with Crippen molar-refractivity contribution in [3.8, 4) is 0 Å². The number of alkyl halides is 3. The van der Waals surface area contributed by atoms with Crippen molar-refractivity contribution in [3.05, 3.63) is 63.6 Å². The number of benzene rings is 2. The number of aliphatic carboxylic acids is 1. The van der Waals surface area contributed by atoms with E-state index < -0.39 is 35.3 Å². The van der Waals surface area contributed by atoms with Crippen LogP contribution in [0.15, 0.2) is 42.5 Å². The summed E-state index contributed by atoms with van der Waals surface area (Å²) < 4.78 is 40.7. The van der Waals surface area contributed by atoms with Gasteiger partial charge < -0.3 is 10.4 Å². The van der Waals surface area contributed by atoms with Crippen molar-refractivity contribution in [2.24, 2.45) is 11.3 Å². The first-order valence-electron chi connectivity index (χ1n) is 10.5. The third-order valence-electron chi connectivity index (χ3n) is 6.17. The molecular formula is C24H26Cl2F3NO3. The third-order valence-corrected chi connectivity index (χ3v) is 6.75. The van der Waals surface area contributed by atoms with Gasteiger partial charge in [-0.25, -0.2) is 0 Å². The molecule has 0 fully saturated rings. The SMILES string of the molecule is CCC(CC)(Cc1ccc(Cl)c(NC(=O)[C@H](c2ccc(Cl)cc2)[C@@H](C)C(F)(F)F)c1)C(=O)O. The maximum Gasteiger partial charge on any atom is 0.392 e. The Bertz CT molecular complexity index is 989. The average Bonchev–Trinajstić information content (AvgIpc) is 2.75. The molecule has 0 radical (unpaired) electrons. The van der Waals surface area contributed by atoms with Crippen LogP contribution in [0.25, 0.3) is 0 Å². The molecule has 0 aliphatic heterocycles. The van der Waals surface area contributed by atoms with Crippen LogP contribution in [0, 0.1) is 11.3 Å². The van der Waals surface area contributed by atoms with E-state index in [1.807, 2.05) is 0 Å². The van der Waals surface area contributed by atoms with E-state index in [1.165, 1.54) is 36.4 Å². The topological polar surface area (TPSA) is 66.4 Å². The summed E-state index contributed by atoms with van der Waals surface area (Å²) in [5, 5.41) is 12.7. The van der Waals surface area contributed by atoms with Crippen molar-refractivity contribution >= 4 is 40.8 Å². The molecule has 2 atom stereocenters. The minimum atomic E-state index is -4.61. The minimum Gasteiger partial charge on any atom is -0.481 e. The van der Waals surface area contributed by atoms with Crippen LogP contribution in [0.5, 0.6) is 0 Å². The van der Waals surface area contributed by atoms with Gasteiger partial charge in [0.2, 0.25) is 5.91 Å². The number of hydrogen-bond donors (Lipinski definition) is 2. The van der Waals surface area contributed by atoms with Crippen LogP contribution >= 0.6 is 23.2 Å². The molecular weight excluding hydrogens is 478 g/mol. The molecule has 2 aromatic carbocycles. The first-order chi connectivity index (χ1) is 15.3. The molecule has 2 N–H and O–H groups in total. The Morgan fingerprint density at radius 1 is 1.03 bits per heavy atom. The number of carboxylic acids is 1. The van der Waals surface area contributed by atoms with Gasteiger partial charge in [-0.3, -0.25) is 9.59 Å². The number of anilines is 1. The second-order valence-corrected chi connectivity index (χ2v) is 8.98. The Hall–Kier alpha value is -2.25. The third kappa shape index (κ3) is 6.42. The lowest BCUT2D eigenvalue weighted by molar-refractivity contribution is -0.178. The summed E-state index contributed by atoms with van der Waals surface area (Å²) >= 11 is 12.1. The summed E-state index contributed by atoms with van der Waals surface area (Å²) in [5.41, 5.74) is -0.103. The molecule has 2 aromatic rings. The van der Waals surface area contributed by atoms with Crippen molar-refractivity contribution in [1.29, 1.82) is 0 Å². The fourth-order valence-corrected chi connectivity index (χ4v) is 4.07. The number of carboxylic acid groups (broad SMARTS) is 1. The minimum absolute atomic E-state index is 0.124. The zero-order chi connectivity index (χ0) is 25.0. The molecule has 0 saturated carbocycles. The molecule has 0 aliphatic rings. The summed E-state index contributed by atoms with van der Waals surface area (Å²) in [7, 11) is 0. The molecule has 1 amide bonds. The number of nitrogens with one attached hydrogen (secondary N) is 1. The fourth-order valence-electron chi connectivity index (χ4n) is 3.78. The first-order valence-corrected chi connectivity index (χ1v) is 11.2. The van der Waals surface area contributed by atoms with E-state index in [1.54, 1.807) is 19.9 Å². The molecule has 0 aromatic heterocycles. The first kappa shape index (κ1) is 27.0. The quantitative estimate of drug-likeness (QED) is 0.375. The highest BCUT2D eigenvalue weighted by Crippen LogP contribution is 2.39. The van der Waals surface area contributed by atoms with E-state index in [2.05, 4.69) is 5.32 Å². The Kier molecular flexibility index (Phi) is 8.82. The Morgan fingerprint density at radius 3 is 2.09 bits per heavy atom. The molecule has 33 heavy (non-hydrogen) atoms. The van der Waals surface area contributed by atoms with E-state index >= 15 is 0 Å². The normalized spacial score (nSPS) is 13.9. The van der Waals surface area contributed by atoms with Crippen LogP contribution in [0.3, 0.4) is 0 Å². The van der Waals surface area contributed by atoms with Crippen molar-refractivity contribution in [3.63, 3.8) is 0 Å². The number of carbonyl (C=O) groups is 2. The smallest absolute Gasteiger partial charge is 0.392 e. The Morgan fingerprint density at radius 2 is 1.61 bits per heavy atom. The summed E-state index contributed by atoms with van der Waals surface area (Å²) in [4.78, 5) is 24.9. The molecule has 2 rings (SSSR count). The average molecular weight is 504 g/mol. The van der Waals surface area contributed by atoms with Gasteiger partial charge >= 0.3 is 12.1 Å². The monoisotopic (exact) mass is 503 g/mol. The number of halogens is 5. The van der Waals surface area contributed by atoms with E-state index in [0.717, 1.165) is 6.92 Å². The highest BCUT2D eigenvalue weighted by Gasteiger charge is 2.45. The van der Waals surface area contributed by atoms with E-state index in [9.17, 15) is 27.9 Å². The highest BCUT2D eigenvalue weighted by atomic mass is 35.5. The van der Waals surface area contributed by atoms with Crippen LogP contribution in [-0.4, -0.2) is 23.2 Å². The van der Waals surface area contributed by atoms with Gasteiger partial charge in [0.15, 0.2) is 0 Å². The summed E-state index contributed by atoms with van der Waals surface area (Å²) in [6.45, 7) is 4.51. The molecule has 9 heteroatoms. The second kappa shape index (κ2) is 10.8. The maximum atomic E-state index is 13.6. The fraction of sp³-hybridized carbons (Fsp3) is 0.417. The highest BCUT2D eigenvalue weighted by molar-refractivity contribution is 6.33. The molecule has 0 unspecified atom stereocenters. The number of amides is 1. The van der Waals surface area contributed by atoms with Crippen LogP contribution in [0.1, 0.15) is 50.7 Å². The Balaban J connectivity index is 2.40. The Labute approximate surface area is 201 Å². The van der Waals surface area contributed by atoms with Crippen LogP contribution in [0.2, 0.25) is 10.0 Å². The predicted molar refractivity (Wildman–Crippen MR) is 124 cm³/mol. The van der Waals surface area contributed by atoms with Gasteiger partial charge in [-0.15, -0.1) is 0 Å². The molecule has 0 bridgehead atoms. The molecule has 4 nitrogen and oxygen atoms in total. The van der Waals surface area contributed by atoms with Crippen molar-refractivity contribution in [2.45, 2.75) is 52.1 Å². The van der Waals surface area contributed by atoms with Gasteiger partial charge in [0.25, 0.3) is 0 Å². The molecule has 0 aliphatic carbocycles. The standard InChI is InChI=1S/C24H26Cl2F3NO3/c1-4-23(5-2,22(32)33)13-15-6-11-18(26)19(12-15)30-21(31)20(14(3)24(27,28)29)16-7-9-17(25)10-8-16/h6-12,14,20H,4-5,13H2,1-3H3,(H,30,31)(H,32,33)/t14-,20+/m1/s1. The lowest BCUT2D eigenvalue weighted by Crippen LogP contribution is -2.34. The summed E-state index contributed by atoms with van der Waals surface area (Å²) in [6, 6.07) is 10.3. The second-order valence-electron chi connectivity index (χ2n) is 8.13. The maximum absolute atomic E-state index is 13.6. The van der Waals surface area contributed by atoms with Gasteiger partial charge in [-0.1, -0.05) is 62.2 Å². The van der Waals surface area contributed by atoms with E-state index in [4.69, 9.17) is 23.2 Å². The zero-order valence-corrected chi connectivity index (χ0v) is 20.0. The summed E-state index contributed by atoms with van der Waals surface area (Å²) in [6.07, 6.45) is -3.64. The van der Waals surface area contributed by atoms with Crippen molar-refractivity contribution in [2.75, 3.05) is 5.32 Å². The van der Waals surface area contributed by atoms with Crippen LogP contribution < -0.4 is 5.32 Å². The van der Waals surface area contributed by atoms with Gasteiger partial charge in [-0.05, 0) is 54.7 Å². The van der Waals surface area contributed by atoms with Gasteiger partial charge in [0, 0.05) is 5.02 Å². The number of carbonyl (C=O) groups excluding carboxylic acids is 1. The van der Waals surface area contributed by atoms with E-state index in [-0.39, 0.29) is 22.7 Å². The lowest BCUT2D eigenvalue weighted by atomic mass is 9.77. The summed E-state index contributed by atoms with van der Waals surface area (Å²) in [5.74, 6) is -5.32. The lowest BCUT2D eigenvalue weighted by Gasteiger charge is -2.28. The van der Waals surface area contributed by atoms with Crippen LogP contribution in [0.4, 0.5) is 18.9 Å². The van der Waals surface area contributed by atoms with Gasteiger partial charge in [-0.2, -0.15) is 13.2 Å².